The number of nitrogens with one attached hydrogen (secondary N) is 1. The molecule has 0 aliphatic carbocycles. The lowest BCUT2D eigenvalue weighted by atomic mass is 10.0. The summed E-state index contributed by atoms with van der Waals surface area (Å²) in [5.41, 5.74) is 1.24. The summed E-state index contributed by atoms with van der Waals surface area (Å²) >= 11 is 1.82. The fraction of sp³-hybridized carbons (Fsp3) is 0.786. The summed E-state index contributed by atoms with van der Waals surface area (Å²) < 4.78 is 5.29. The van der Waals surface area contributed by atoms with Crippen molar-refractivity contribution in [3.05, 3.63) is 15.6 Å². The fourth-order valence-electron chi connectivity index (χ4n) is 2.10. The molecule has 0 fully saturated rings. The smallest absolute Gasteiger partial charge is 0.110 e. The Bertz CT molecular complexity index is 352. The van der Waals surface area contributed by atoms with E-state index >= 15 is 0 Å². The second-order valence-corrected chi connectivity index (χ2v) is 6.01. The van der Waals surface area contributed by atoms with Crippen molar-refractivity contribution in [2.24, 2.45) is 5.92 Å². The van der Waals surface area contributed by atoms with Crippen LogP contribution in [0.25, 0.3) is 0 Å². The van der Waals surface area contributed by atoms with Crippen LogP contribution in [-0.2, 0) is 11.2 Å². The van der Waals surface area contributed by atoms with Gasteiger partial charge in [-0.3, -0.25) is 0 Å². The second kappa shape index (κ2) is 7.87. The van der Waals surface area contributed by atoms with Crippen molar-refractivity contribution in [3.8, 4) is 0 Å². The molecule has 0 aliphatic rings. The first kappa shape index (κ1) is 15.6. The molecule has 2 unspecified atom stereocenters. The van der Waals surface area contributed by atoms with E-state index in [1.165, 1.54) is 15.6 Å². The van der Waals surface area contributed by atoms with E-state index in [0.717, 1.165) is 26.0 Å². The average molecular weight is 270 g/mol. The number of hydrogen-bond donors (Lipinski definition) is 1. The van der Waals surface area contributed by atoms with Crippen LogP contribution < -0.4 is 5.32 Å². The number of nitrogens with zero attached hydrogens (tertiary/aromatic N) is 1. The van der Waals surface area contributed by atoms with Gasteiger partial charge >= 0.3 is 0 Å². The zero-order valence-corrected chi connectivity index (χ0v) is 13.1. The van der Waals surface area contributed by atoms with Gasteiger partial charge in [-0.15, -0.1) is 11.3 Å². The molecule has 4 heteroatoms. The topological polar surface area (TPSA) is 34.2 Å². The van der Waals surface area contributed by atoms with Crippen LogP contribution >= 0.6 is 11.3 Å². The Hall–Kier alpha value is -0.450. The van der Waals surface area contributed by atoms with E-state index in [9.17, 15) is 0 Å². The first-order chi connectivity index (χ1) is 8.63. The van der Waals surface area contributed by atoms with E-state index < -0.39 is 0 Å². The van der Waals surface area contributed by atoms with E-state index in [1.54, 1.807) is 7.11 Å². The maximum absolute atomic E-state index is 5.29. The largest absolute Gasteiger partial charge is 0.384 e. The maximum atomic E-state index is 5.29. The molecular weight excluding hydrogens is 244 g/mol. The SMILES string of the molecule is CCCNC(c1nc(CC)c(C)s1)C(C)COC. The molecule has 0 radical (unpaired) electrons. The molecule has 1 aromatic heterocycles. The fourth-order valence-corrected chi connectivity index (χ4v) is 3.32. The molecule has 1 rings (SSSR count). The van der Waals surface area contributed by atoms with Gasteiger partial charge in [-0.1, -0.05) is 20.8 Å². The number of thiazole rings is 1. The van der Waals surface area contributed by atoms with Crippen LogP contribution in [0.4, 0.5) is 0 Å². The lowest BCUT2D eigenvalue weighted by Crippen LogP contribution is -2.29. The van der Waals surface area contributed by atoms with E-state index in [0.29, 0.717) is 12.0 Å². The van der Waals surface area contributed by atoms with Crippen molar-refractivity contribution >= 4 is 11.3 Å². The van der Waals surface area contributed by atoms with Crippen molar-refractivity contribution in [1.29, 1.82) is 0 Å². The molecule has 0 saturated carbocycles. The first-order valence-electron chi connectivity index (χ1n) is 6.82. The Morgan fingerprint density at radius 1 is 1.39 bits per heavy atom. The van der Waals surface area contributed by atoms with Gasteiger partial charge < -0.3 is 10.1 Å². The molecule has 0 spiro atoms. The summed E-state index contributed by atoms with van der Waals surface area (Å²) in [4.78, 5) is 6.13. The number of ether oxygens (including phenoxy) is 1. The van der Waals surface area contributed by atoms with Crippen LogP contribution in [0, 0.1) is 12.8 Å². The maximum Gasteiger partial charge on any atom is 0.110 e. The molecule has 0 saturated heterocycles. The Balaban J connectivity index is 2.85. The monoisotopic (exact) mass is 270 g/mol. The molecular formula is C14H26N2OS. The van der Waals surface area contributed by atoms with Crippen molar-refractivity contribution in [2.75, 3.05) is 20.3 Å². The number of methoxy groups -OCH3 is 1. The minimum atomic E-state index is 0.314. The minimum Gasteiger partial charge on any atom is -0.384 e. The van der Waals surface area contributed by atoms with E-state index in [4.69, 9.17) is 9.72 Å². The van der Waals surface area contributed by atoms with Gasteiger partial charge in [-0.25, -0.2) is 4.98 Å². The minimum absolute atomic E-state index is 0.314. The molecule has 2 atom stereocenters. The highest BCUT2D eigenvalue weighted by Gasteiger charge is 2.22. The van der Waals surface area contributed by atoms with Crippen LogP contribution in [0.5, 0.6) is 0 Å². The molecule has 0 aromatic carbocycles. The Morgan fingerprint density at radius 2 is 2.11 bits per heavy atom. The Labute approximate surface area is 115 Å². The standard InChI is InChI=1S/C14H26N2OS/c1-6-8-15-13(10(3)9-17-5)14-16-12(7-2)11(4)18-14/h10,13,15H,6-9H2,1-5H3. The predicted molar refractivity (Wildman–Crippen MR) is 78.3 cm³/mol. The summed E-state index contributed by atoms with van der Waals surface area (Å²) in [5.74, 6) is 0.441. The van der Waals surface area contributed by atoms with Crippen LogP contribution in [-0.4, -0.2) is 25.2 Å². The summed E-state index contributed by atoms with van der Waals surface area (Å²) in [6.07, 6.45) is 2.16. The van der Waals surface area contributed by atoms with Crippen LogP contribution in [0.15, 0.2) is 0 Å². The number of hydrogen-bond acceptors (Lipinski definition) is 4. The molecule has 3 nitrogen and oxygen atoms in total. The molecule has 104 valence electrons. The second-order valence-electron chi connectivity index (χ2n) is 4.77. The van der Waals surface area contributed by atoms with Crippen LogP contribution in [0.3, 0.4) is 0 Å². The summed E-state index contributed by atoms with van der Waals surface area (Å²) in [6, 6.07) is 0.314. The Morgan fingerprint density at radius 3 is 2.61 bits per heavy atom. The van der Waals surface area contributed by atoms with Gasteiger partial charge in [-0.05, 0) is 26.3 Å². The van der Waals surface area contributed by atoms with E-state index in [2.05, 4.69) is 33.0 Å². The van der Waals surface area contributed by atoms with Crippen LogP contribution in [0.2, 0.25) is 0 Å². The van der Waals surface area contributed by atoms with Gasteiger partial charge in [0.2, 0.25) is 0 Å². The summed E-state index contributed by atoms with van der Waals surface area (Å²) in [5, 5.41) is 4.81. The van der Waals surface area contributed by atoms with Gasteiger partial charge in [0.15, 0.2) is 0 Å². The Kier molecular flexibility index (Phi) is 6.82. The normalized spacial score (nSPS) is 14.7. The third kappa shape index (κ3) is 4.04. The molecule has 1 N–H and O–H groups in total. The van der Waals surface area contributed by atoms with Crippen molar-refractivity contribution in [3.63, 3.8) is 0 Å². The molecule has 0 amide bonds. The van der Waals surface area contributed by atoms with Crippen molar-refractivity contribution in [1.82, 2.24) is 10.3 Å². The van der Waals surface area contributed by atoms with Crippen molar-refractivity contribution in [2.45, 2.75) is 46.6 Å². The van der Waals surface area contributed by atoms with Gasteiger partial charge in [0, 0.05) is 17.9 Å². The third-order valence-electron chi connectivity index (χ3n) is 3.12. The molecule has 18 heavy (non-hydrogen) atoms. The third-order valence-corrected chi connectivity index (χ3v) is 4.22. The zero-order valence-electron chi connectivity index (χ0n) is 12.2. The van der Waals surface area contributed by atoms with Gasteiger partial charge in [0.1, 0.15) is 5.01 Å². The zero-order chi connectivity index (χ0) is 13.5. The predicted octanol–water partition coefficient (Wildman–Crippen LogP) is 3.34. The molecule has 1 aromatic rings. The molecule has 1 heterocycles. The van der Waals surface area contributed by atoms with Gasteiger partial charge in [-0.2, -0.15) is 0 Å². The average Bonchev–Trinajstić information content (AvgIpc) is 2.71. The number of rotatable bonds is 8. The van der Waals surface area contributed by atoms with E-state index in [-0.39, 0.29) is 0 Å². The quantitative estimate of drug-likeness (QED) is 0.786. The lowest BCUT2D eigenvalue weighted by molar-refractivity contribution is 0.139. The van der Waals surface area contributed by atoms with E-state index in [1.807, 2.05) is 11.3 Å². The molecule has 0 bridgehead atoms. The highest BCUT2D eigenvalue weighted by Crippen LogP contribution is 2.28. The first-order valence-corrected chi connectivity index (χ1v) is 7.64. The number of aryl methyl sites for hydroxylation is 2. The van der Waals surface area contributed by atoms with Crippen molar-refractivity contribution < 1.29 is 4.74 Å². The summed E-state index contributed by atoms with van der Waals surface area (Å²) in [6.45, 7) is 10.5. The van der Waals surface area contributed by atoms with Gasteiger partial charge in [0.05, 0.1) is 18.3 Å². The molecule has 0 aliphatic heterocycles. The lowest BCUT2D eigenvalue weighted by Gasteiger charge is -2.22. The summed E-state index contributed by atoms with van der Waals surface area (Å²) in [7, 11) is 1.76. The van der Waals surface area contributed by atoms with Crippen LogP contribution in [0.1, 0.15) is 48.8 Å². The number of aromatic nitrogens is 1. The highest BCUT2D eigenvalue weighted by molar-refractivity contribution is 7.11. The van der Waals surface area contributed by atoms with Gasteiger partial charge in [0.25, 0.3) is 0 Å². The highest BCUT2D eigenvalue weighted by atomic mass is 32.1.